The van der Waals surface area contributed by atoms with Crippen LogP contribution in [0.1, 0.15) is 20.8 Å². The third-order valence-electron chi connectivity index (χ3n) is 6.75. The van der Waals surface area contributed by atoms with E-state index < -0.39 is 20.6 Å². The Labute approximate surface area is 226 Å². The molecule has 0 bridgehead atoms. The van der Waals surface area contributed by atoms with Crippen molar-refractivity contribution >= 4 is 44.1 Å². The first kappa shape index (κ1) is 26.8. The molecule has 0 unspecified atom stereocenters. The molecule has 0 spiro atoms. The van der Waals surface area contributed by atoms with Crippen molar-refractivity contribution < 1.29 is 17.2 Å². The van der Waals surface area contributed by atoms with Crippen LogP contribution in [0.15, 0.2) is 54.9 Å². The minimum Gasteiger partial charge on any atom is -0.367 e. The zero-order chi connectivity index (χ0) is 27.9. The Hall–Kier alpha value is -3.77. The van der Waals surface area contributed by atoms with E-state index in [9.17, 15) is 17.2 Å². The molecular weight excluding hydrogens is 524 g/mol. The average molecular weight is 556 g/mol. The van der Waals surface area contributed by atoms with Crippen molar-refractivity contribution in [3.63, 3.8) is 0 Å². The summed E-state index contributed by atoms with van der Waals surface area (Å²) in [6.07, 6.45) is 3.37. The van der Waals surface area contributed by atoms with Crippen molar-refractivity contribution in [2.24, 2.45) is 0 Å². The van der Waals surface area contributed by atoms with Crippen LogP contribution in [-0.2, 0) is 10.0 Å². The number of sulfonamides is 1. The molecule has 2 aromatic heterocycles. The zero-order valence-electron chi connectivity index (χ0n) is 22.2. The third kappa shape index (κ3) is 5.52. The molecule has 2 aromatic carbocycles. The Morgan fingerprint density at radius 1 is 0.949 bits per heavy atom. The number of hydrogen-bond acceptors (Lipinski definition) is 7. The lowest BCUT2D eigenvalue weighted by molar-refractivity contribution is 0.311. The lowest BCUT2D eigenvalue weighted by Gasteiger charge is -2.34. The molecule has 1 aliphatic rings. The largest absolute Gasteiger partial charge is 0.367 e. The van der Waals surface area contributed by atoms with Crippen LogP contribution in [0, 0.1) is 11.6 Å². The molecule has 1 saturated heterocycles. The molecular formula is C27H31F2N7O2S. The Morgan fingerprint density at radius 3 is 2.38 bits per heavy atom. The number of halogens is 2. The van der Waals surface area contributed by atoms with Gasteiger partial charge in [0.15, 0.2) is 0 Å². The molecule has 9 nitrogen and oxygen atoms in total. The number of anilines is 4. The molecule has 0 saturated carbocycles. The summed E-state index contributed by atoms with van der Waals surface area (Å²) in [7, 11) is -1.78. The molecule has 5 rings (SSSR count). The fourth-order valence-corrected chi connectivity index (χ4v) is 5.00. The SMILES string of the molecule is CN1CCN(c2ccc(Nc3ncc4ccn(-c5ccc(F)c(NS(=O)(=O)C(C)(C)C)c5)c4n3)cc2F)CC1. The summed E-state index contributed by atoms with van der Waals surface area (Å²) in [5.41, 5.74) is 1.92. The number of likely N-dealkylation sites (N-methyl/N-ethyl adjacent to an activating group) is 1. The van der Waals surface area contributed by atoms with E-state index in [0.717, 1.165) is 31.6 Å². The number of piperazine rings is 1. The standard InChI is InChI=1S/C27H31F2N7O2S/c1-27(2,3)39(37,38)33-23-16-20(6-7-21(23)28)36-10-9-18-17-30-26(32-25(18)36)31-19-5-8-24(22(29)15-19)35-13-11-34(4)12-14-35/h5-10,15-17,33H,11-14H2,1-4H3,(H,30,31,32). The lowest BCUT2D eigenvalue weighted by Crippen LogP contribution is -2.44. The van der Waals surface area contributed by atoms with Crippen LogP contribution < -0.4 is 14.9 Å². The number of rotatable bonds is 6. The predicted molar refractivity (Wildman–Crippen MR) is 151 cm³/mol. The summed E-state index contributed by atoms with van der Waals surface area (Å²) >= 11 is 0. The highest BCUT2D eigenvalue weighted by atomic mass is 32.2. The second kappa shape index (κ2) is 10.1. The van der Waals surface area contributed by atoms with Gasteiger partial charge in [0.1, 0.15) is 17.3 Å². The maximum absolute atomic E-state index is 15.0. The molecule has 1 aliphatic heterocycles. The number of benzene rings is 2. The van der Waals surface area contributed by atoms with Gasteiger partial charge in [0, 0.05) is 55.3 Å². The van der Waals surface area contributed by atoms with Crippen LogP contribution in [-0.4, -0.2) is 65.8 Å². The van der Waals surface area contributed by atoms with E-state index in [-0.39, 0.29) is 17.5 Å². The van der Waals surface area contributed by atoms with Gasteiger partial charge in [-0.2, -0.15) is 4.98 Å². The van der Waals surface area contributed by atoms with Gasteiger partial charge in [0.25, 0.3) is 0 Å². The normalized spacial score (nSPS) is 15.1. The van der Waals surface area contributed by atoms with Crippen LogP contribution >= 0.6 is 0 Å². The second-order valence-electron chi connectivity index (χ2n) is 10.6. The summed E-state index contributed by atoms with van der Waals surface area (Å²) in [5, 5.41) is 3.78. The Bertz CT molecular complexity index is 1630. The number of nitrogens with one attached hydrogen (secondary N) is 2. The average Bonchev–Trinajstić information content (AvgIpc) is 3.29. The zero-order valence-corrected chi connectivity index (χ0v) is 23.1. The van der Waals surface area contributed by atoms with E-state index in [2.05, 4.69) is 32.0 Å². The lowest BCUT2D eigenvalue weighted by atomic mass is 10.2. The second-order valence-corrected chi connectivity index (χ2v) is 13.1. The Morgan fingerprint density at radius 2 is 1.69 bits per heavy atom. The van der Waals surface area contributed by atoms with Crippen molar-refractivity contribution in [1.82, 2.24) is 19.4 Å². The highest BCUT2D eigenvalue weighted by Gasteiger charge is 2.30. The fraction of sp³-hybridized carbons (Fsp3) is 0.333. The van der Waals surface area contributed by atoms with E-state index in [1.165, 1.54) is 45.0 Å². The maximum atomic E-state index is 15.0. The van der Waals surface area contributed by atoms with Gasteiger partial charge in [-0.3, -0.25) is 4.72 Å². The molecule has 206 valence electrons. The van der Waals surface area contributed by atoms with E-state index in [4.69, 9.17) is 0 Å². The van der Waals surface area contributed by atoms with Gasteiger partial charge in [0.2, 0.25) is 16.0 Å². The van der Waals surface area contributed by atoms with E-state index in [0.29, 0.717) is 22.7 Å². The van der Waals surface area contributed by atoms with Gasteiger partial charge in [-0.05, 0) is 70.3 Å². The maximum Gasteiger partial charge on any atom is 0.237 e. The Balaban J connectivity index is 1.41. The summed E-state index contributed by atoms with van der Waals surface area (Å²) in [4.78, 5) is 13.2. The van der Waals surface area contributed by atoms with E-state index >= 15 is 0 Å². The summed E-state index contributed by atoms with van der Waals surface area (Å²) < 4.78 is 57.7. The smallest absolute Gasteiger partial charge is 0.237 e. The van der Waals surface area contributed by atoms with Crippen molar-refractivity contribution in [3.05, 3.63) is 66.5 Å². The van der Waals surface area contributed by atoms with Gasteiger partial charge in [-0.15, -0.1) is 0 Å². The quantitative estimate of drug-likeness (QED) is 0.355. The molecule has 2 N–H and O–H groups in total. The first-order valence-electron chi connectivity index (χ1n) is 12.6. The monoisotopic (exact) mass is 555 g/mol. The fourth-order valence-electron chi connectivity index (χ4n) is 4.24. The molecule has 3 heterocycles. The highest BCUT2D eigenvalue weighted by Crippen LogP contribution is 2.28. The molecule has 0 aliphatic carbocycles. The van der Waals surface area contributed by atoms with Gasteiger partial charge in [-0.1, -0.05) is 0 Å². The van der Waals surface area contributed by atoms with Gasteiger partial charge in [-0.25, -0.2) is 22.2 Å². The first-order valence-corrected chi connectivity index (χ1v) is 14.1. The molecule has 0 radical (unpaired) electrons. The Kier molecular flexibility index (Phi) is 6.93. The van der Waals surface area contributed by atoms with Gasteiger partial charge in [0.05, 0.1) is 16.1 Å². The number of fused-ring (bicyclic) bond motifs is 1. The van der Waals surface area contributed by atoms with Crippen molar-refractivity contribution in [1.29, 1.82) is 0 Å². The van der Waals surface area contributed by atoms with Crippen molar-refractivity contribution in [2.75, 3.05) is 48.2 Å². The van der Waals surface area contributed by atoms with Crippen LogP contribution in [0.3, 0.4) is 0 Å². The number of nitrogens with zero attached hydrogens (tertiary/aromatic N) is 5. The minimum atomic E-state index is -3.83. The van der Waals surface area contributed by atoms with E-state index in [1.807, 2.05) is 4.90 Å². The molecule has 0 atom stereocenters. The molecule has 1 fully saturated rings. The van der Waals surface area contributed by atoms with Crippen LogP contribution in [0.2, 0.25) is 0 Å². The molecule has 4 aromatic rings. The van der Waals surface area contributed by atoms with Gasteiger partial charge >= 0.3 is 0 Å². The van der Waals surface area contributed by atoms with Gasteiger partial charge < -0.3 is 19.7 Å². The van der Waals surface area contributed by atoms with Crippen molar-refractivity contribution in [3.8, 4) is 5.69 Å². The minimum absolute atomic E-state index is 0.160. The molecule has 12 heteroatoms. The molecule has 39 heavy (non-hydrogen) atoms. The summed E-state index contributed by atoms with van der Waals surface area (Å²) in [6.45, 7) is 7.89. The van der Waals surface area contributed by atoms with Crippen LogP contribution in [0.25, 0.3) is 16.7 Å². The third-order valence-corrected chi connectivity index (χ3v) is 8.85. The number of hydrogen-bond donors (Lipinski definition) is 2. The van der Waals surface area contributed by atoms with Crippen LogP contribution in [0.5, 0.6) is 0 Å². The number of aromatic nitrogens is 3. The summed E-state index contributed by atoms with van der Waals surface area (Å²) in [6, 6.07) is 10.9. The van der Waals surface area contributed by atoms with E-state index in [1.54, 1.807) is 35.2 Å². The molecule has 0 amide bonds. The summed E-state index contributed by atoms with van der Waals surface area (Å²) in [5.74, 6) is -0.766. The predicted octanol–water partition coefficient (Wildman–Crippen LogP) is 4.73. The van der Waals surface area contributed by atoms with Crippen molar-refractivity contribution in [2.45, 2.75) is 25.5 Å². The first-order chi connectivity index (χ1) is 18.4. The van der Waals surface area contributed by atoms with Crippen LogP contribution in [0.4, 0.5) is 31.8 Å². The topological polar surface area (TPSA) is 95.4 Å². The highest BCUT2D eigenvalue weighted by molar-refractivity contribution is 7.94.